The van der Waals surface area contributed by atoms with Crippen LogP contribution >= 0.6 is 0 Å². The number of alkyl halides is 3. The number of nitrogen functional groups attached to an aromatic ring is 1. The molecule has 2 aromatic carbocycles. The second-order valence-corrected chi connectivity index (χ2v) is 6.79. The van der Waals surface area contributed by atoms with E-state index in [-0.39, 0.29) is 28.6 Å². The lowest BCUT2D eigenvalue weighted by molar-refractivity contribution is -0.383. The van der Waals surface area contributed by atoms with Crippen molar-refractivity contribution in [3.63, 3.8) is 0 Å². The molecule has 11 heteroatoms. The number of nitro benzene ring substituents is 1. The van der Waals surface area contributed by atoms with Gasteiger partial charge < -0.3 is 15.4 Å². The molecule has 0 atom stereocenters. The highest BCUT2D eigenvalue weighted by atomic mass is 19.4. The number of carbonyl (C=O) groups excluding carboxylic acids is 1. The normalized spacial score (nSPS) is 15.1. The smallest absolute Gasteiger partial charge is 0.406 e. The number of hydrogen-bond acceptors (Lipinski definition) is 6. The summed E-state index contributed by atoms with van der Waals surface area (Å²) in [5.41, 5.74) is 6.27. The summed E-state index contributed by atoms with van der Waals surface area (Å²) in [6.45, 7) is 2.48. The van der Waals surface area contributed by atoms with Crippen LogP contribution in [0.3, 0.4) is 0 Å². The van der Waals surface area contributed by atoms with Gasteiger partial charge in [-0.15, -0.1) is 13.2 Å². The first-order chi connectivity index (χ1) is 14.1. The van der Waals surface area contributed by atoms with Gasteiger partial charge in [0, 0.05) is 44.4 Å². The summed E-state index contributed by atoms with van der Waals surface area (Å²) < 4.78 is 40.5. The zero-order chi connectivity index (χ0) is 21.9. The van der Waals surface area contributed by atoms with E-state index in [4.69, 9.17) is 5.73 Å². The molecule has 2 N–H and O–H groups in total. The third kappa shape index (κ3) is 5.38. The van der Waals surface area contributed by atoms with Crippen LogP contribution < -0.4 is 10.5 Å². The standard InChI is InChI=1S/C19H19F3N4O4/c20-19(21,22)30-15-4-1-13(2-5-15)12-24-7-9-25(10-8-24)18(27)14-3-6-16(23)17(11-14)26(28)29/h1-6,11H,7-10,12,23H2. The molecule has 2 aromatic rings. The van der Waals surface area contributed by atoms with Crippen LogP contribution in [0.5, 0.6) is 5.75 Å². The van der Waals surface area contributed by atoms with E-state index in [1.54, 1.807) is 17.0 Å². The molecule has 0 unspecified atom stereocenters. The van der Waals surface area contributed by atoms with E-state index < -0.39 is 11.3 Å². The first-order valence-electron chi connectivity index (χ1n) is 9.02. The summed E-state index contributed by atoms with van der Waals surface area (Å²) in [5.74, 6) is -0.592. The monoisotopic (exact) mass is 424 g/mol. The van der Waals surface area contributed by atoms with E-state index in [9.17, 15) is 28.1 Å². The van der Waals surface area contributed by atoms with E-state index in [1.807, 2.05) is 0 Å². The second-order valence-electron chi connectivity index (χ2n) is 6.79. The Morgan fingerprint density at radius 2 is 1.73 bits per heavy atom. The largest absolute Gasteiger partial charge is 0.573 e. The molecule has 1 aliphatic heterocycles. The Bertz CT molecular complexity index is 926. The first kappa shape index (κ1) is 21.4. The number of nitrogens with two attached hydrogens (primary N) is 1. The minimum Gasteiger partial charge on any atom is -0.406 e. The van der Waals surface area contributed by atoms with Gasteiger partial charge in [-0.2, -0.15) is 0 Å². The fraction of sp³-hybridized carbons (Fsp3) is 0.316. The number of nitrogens with zero attached hydrogens (tertiary/aromatic N) is 3. The molecule has 0 aromatic heterocycles. The van der Waals surface area contributed by atoms with Gasteiger partial charge in [0.15, 0.2) is 0 Å². The van der Waals surface area contributed by atoms with Crippen molar-refractivity contribution in [3.05, 3.63) is 63.7 Å². The fourth-order valence-electron chi connectivity index (χ4n) is 3.18. The highest BCUT2D eigenvalue weighted by Gasteiger charge is 2.31. The number of rotatable bonds is 5. The molecule has 0 aliphatic carbocycles. The maximum atomic E-state index is 12.6. The summed E-state index contributed by atoms with van der Waals surface area (Å²) in [4.78, 5) is 26.7. The molecule has 1 saturated heterocycles. The Morgan fingerprint density at radius 3 is 2.30 bits per heavy atom. The van der Waals surface area contributed by atoms with Gasteiger partial charge in [-0.3, -0.25) is 19.8 Å². The zero-order valence-corrected chi connectivity index (χ0v) is 15.8. The van der Waals surface area contributed by atoms with Gasteiger partial charge in [-0.25, -0.2) is 0 Å². The van der Waals surface area contributed by atoms with Crippen LogP contribution in [0.1, 0.15) is 15.9 Å². The summed E-state index contributed by atoms with van der Waals surface area (Å²) in [6.07, 6.45) is -4.73. The number of anilines is 1. The van der Waals surface area contributed by atoms with E-state index in [0.717, 1.165) is 5.56 Å². The van der Waals surface area contributed by atoms with Crippen LogP contribution in [-0.2, 0) is 6.54 Å². The lowest BCUT2D eigenvalue weighted by Crippen LogP contribution is -2.48. The third-order valence-electron chi connectivity index (χ3n) is 4.70. The van der Waals surface area contributed by atoms with Crippen molar-refractivity contribution in [2.45, 2.75) is 12.9 Å². The van der Waals surface area contributed by atoms with Gasteiger partial charge in [0.1, 0.15) is 11.4 Å². The molecular weight excluding hydrogens is 405 g/mol. The molecule has 160 valence electrons. The Morgan fingerprint density at radius 1 is 1.10 bits per heavy atom. The lowest BCUT2D eigenvalue weighted by atomic mass is 10.1. The van der Waals surface area contributed by atoms with Crippen LogP contribution in [0, 0.1) is 10.1 Å². The lowest BCUT2D eigenvalue weighted by Gasteiger charge is -2.34. The SMILES string of the molecule is Nc1ccc(C(=O)N2CCN(Cc3ccc(OC(F)(F)F)cc3)CC2)cc1[N+](=O)[O-]. The van der Waals surface area contributed by atoms with Crippen molar-refractivity contribution in [1.29, 1.82) is 0 Å². The van der Waals surface area contributed by atoms with Crippen LogP contribution in [0.15, 0.2) is 42.5 Å². The summed E-state index contributed by atoms with van der Waals surface area (Å²) in [6, 6.07) is 9.62. The number of hydrogen-bond donors (Lipinski definition) is 1. The topological polar surface area (TPSA) is 102 Å². The van der Waals surface area contributed by atoms with Crippen LogP contribution in [0.2, 0.25) is 0 Å². The molecule has 0 saturated carbocycles. The van der Waals surface area contributed by atoms with Crippen molar-refractivity contribution in [2.24, 2.45) is 0 Å². The van der Waals surface area contributed by atoms with E-state index in [1.165, 1.54) is 30.3 Å². The predicted octanol–water partition coefficient (Wildman–Crippen LogP) is 3.03. The molecule has 30 heavy (non-hydrogen) atoms. The molecule has 8 nitrogen and oxygen atoms in total. The van der Waals surface area contributed by atoms with E-state index in [0.29, 0.717) is 32.7 Å². The number of benzene rings is 2. The van der Waals surface area contributed by atoms with E-state index in [2.05, 4.69) is 9.64 Å². The van der Waals surface area contributed by atoms with Gasteiger partial charge in [-0.05, 0) is 29.8 Å². The maximum Gasteiger partial charge on any atom is 0.573 e. The van der Waals surface area contributed by atoms with Gasteiger partial charge in [0.2, 0.25) is 0 Å². The summed E-state index contributed by atoms with van der Waals surface area (Å²) in [5, 5.41) is 11.0. The highest BCUT2D eigenvalue weighted by Crippen LogP contribution is 2.25. The second kappa shape index (κ2) is 8.57. The van der Waals surface area contributed by atoms with Crippen LogP contribution in [-0.4, -0.2) is 53.2 Å². The van der Waals surface area contributed by atoms with Crippen LogP contribution in [0.25, 0.3) is 0 Å². The molecule has 0 bridgehead atoms. The minimum atomic E-state index is -4.73. The first-order valence-corrected chi connectivity index (χ1v) is 9.02. The van der Waals surface area contributed by atoms with Crippen molar-refractivity contribution < 1.29 is 27.6 Å². The molecule has 0 radical (unpaired) electrons. The fourth-order valence-corrected chi connectivity index (χ4v) is 3.18. The maximum absolute atomic E-state index is 12.6. The summed E-state index contributed by atoms with van der Waals surface area (Å²) >= 11 is 0. The number of nitro groups is 1. The number of halogens is 3. The van der Waals surface area contributed by atoms with Crippen molar-refractivity contribution >= 4 is 17.3 Å². The highest BCUT2D eigenvalue weighted by molar-refractivity contribution is 5.95. The molecule has 1 amide bonds. The van der Waals surface area contributed by atoms with Crippen molar-refractivity contribution in [1.82, 2.24) is 9.80 Å². The van der Waals surface area contributed by atoms with Crippen molar-refractivity contribution in [2.75, 3.05) is 31.9 Å². The Labute approximate surface area is 169 Å². The Kier molecular flexibility index (Phi) is 6.11. The average Bonchev–Trinajstić information content (AvgIpc) is 2.68. The number of piperazine rings is 1. The molecule has 0 spiro atoms. The van der Waals surface area contributed by atoms with E-state index >= 15 is 0 Å². The molecule has 1 heterocycles. The Balaban J connectivity index is 1.55. The molecule has 3 rings (SSSR count). The quantitative estimate of drug-likeness (QED) is 0.450. The molecular formula is C19H19F3N4O4. The average molecular weight is 424 g/mol. The van der Waals surface area contributed by atoms with Gasteiger partial charge in [-0.1, -0.05) is 12.1 Å². The molecule has 1 aliphatic rings. The zero-order valence-electron chi connectivity index (χ0n) is 15.8. The van der Waals surface area contributed by atoms with Gasteiger partial charge in [0.05, 0.1) is 4.92 Å². The minimum absolute atomic E-state index is 0.00646. The van der Waals surface area contributed by atoms with Crippen LogP contribution in [0.4, 0.5) is 24.5 Å². The van der Waals surface area contributed by atoms with Gasteiger partial charge >= 0.3 is 6.36 Å². The number of amides is 1. The third-order valence-corrected chi connectivity index (χ3v) is 4.70. The van der Waals surface area contributed by atoms with Gasteiger partial charge in [0.25, 0.3) is 11.6 Å². The number of carbonyl (C=O) groups is 1. The number of ether oxygens (including phenoxy) is 1. The molecule has 1 fully saturated rings. The van der Waals surface area contributed by atoms with Crippen molar-refractivity contribution in [3.8, 4) is 5.75 Å². The Hall–Kier alpha value is -3.34. The predicted molar refractivity (Wildman–Crippen MR) is 102 cm³/mol. The summed E-state index contributed by atoms with van der Waals surface area (Å²) in [7, 11) is 0.